The molecule has 8 nitrogen and oxygen atoms in total. The molecule has 0 bridgehead atoms. The van der Waals surface area contributed by atoms with Crippen LogP contribution in [-0.2, 0) is 20.9 Å². The highest BCUT2D eigenvalue weighted by atomic mass is 16.5. The van der Waals surface area contributed by atoms with E-state index in [1.165, 1.54) is 6.92 Å². The molecule has 4 rings (SSSR count). The van der Waals surface area contributed by atoms with Crippen LogP contribution >= 0.6 is 0 Å². The van der Waals surface area contributed by atoms with E-state index >= 15 is 0 Å². The lowest BCUT2D eigenvalue weighted by Gasteiger charge is -2.31. The van der Waals surface area contributed by atoms with Gasteiger partial charge in [0.1, 0.15) is 12.4 Å². The summed E-state index contributed by atoms with van der Waals surface area (Å²) < 4.78 is 5.83. The first-order chi connectivity index (χ1) is 17.0. The molecule has 2 heterocycles. The molecule has 1 atom stereocenters. The van der Waals surface area contributed by atoms with E-state index in [1.54, 1.807) is 9.80 Å². The highest BCUT2D eigenvalue weighted by molar-refractivity contribution is 5.80. The SMILES string of the molecule is CC(=O)N1CCCN(C(=O)CN2CCOc3ccccc3C2)CCNC(=O)CC1c1ccccc1. The molecular weight excluding hydrogens is 444 g/mol. The number of nitrogens with zero attached hydrogens (tertiary/aromatic N) is 3. The van der Waals surface area contributed by atoms with Gasteiger partial charge in [-0.3, -0.25) is 19.3 Å². The van der Waals surface area contributed by atoms with E-state index < -0.39 is 0 Å². The number of hydrogen-bond acceptors (Lipinski definition) is 5. The Morgan fingerprint density at radius 3 is 2.57 bits per heavy atom. The normalized spacial score (nSPS) is 20.0. The molecule has 2 aromatic rings. The Kier molecular flexibility index (Phi) is 8.36. The molecule has 1 N–H and O–H groups in total. The van der Waals surface area contributed by atoms with Crippen molar-refractivity contribution in [1.29, 1.82) is 0 Å². The Bertz CT molecular complexity index is 1030. The molecular formula is C27H34N4O4. The predicted octanol–water partition coefficient (Wildman–Crippen LogP) is 2.21. The van der Waals surface area contributed by atoms with Crippen LogP contribution in [0, 0.1) is 0 Å². The molecule has 1 unspecified atom stereocenters. The fraction of sp³-hybridized carbons (Fsp3) is 0.444. The fourth-order valence-electron chi connectivity index (χ4n) is 4.79. The molecule has 0 radical (unpaired) electrons. The van der Waals surface area contributed by atoms with Gasteiger partial charge in [0.15, 0.2) is 0 Å². The molecule has 0 aromatic heterocycles. The molecule has 2 aliphatic rings. The van der Waals surface area contributed by atoms with Crippen LogP contribution in [0.25, 0.3) is 0 Å². The van der Waals surface area contributed by atoms with Crippen molar-refractivity contribution in [2.75, 3.05) is 45.9 Å². The Balaban J connectivity index is 1.43. The van der Waals surface area contributed by atoms with E-state index in [1.807, 2.05) is 54.6 Å². The fourth-order valence-corrected chi connectivity index (χ4v) is 4.79. The standard InChI is InChI=1S/C27H34N4O4/c1-21(32)31-14-7-13-30(15-12-28-26(33)18-24(31)22-8-3-2-4-9-22)27(34)20-29-16-17-35-25-11-6-5-10-23(25)19-29/h2-6,8-11,24H,7,12-20H2,1H3,(H,28,33). The molecule has 2 aromatic carbocycles. The van der Waals surface area contributed by atoms with Gasteiger partial charge in [-0.25, -0.2) is 0 Å². The minimum atomic E-state index is -0.326. The van der Waals surface area contributed by atoms with Crippen LogP contribution in [0.3, 0.4) is 0 Å². The summed E-state index contributed by atoms with van der Waals surface area (Å²) in [7, 11) is 0. The Morgan fingerprint density at radius 2 is 1.77 bits per heavy atom. The lowest BCUT2D eigenvalue weighted by atomic mass is 10.0. The zero-order valence-corrected chi connectivity index (χ0v) is 20.3. The monoisotopic (exact) mass is 478 g/mol. The van der Waals surface area contributed by atoms with Gasteiger partial charge in [0.25, 0.3) is 0 Å². The number of nitrogens with one attached hydrogen (secondary N) is 1. The average molecular weight is 479 g/mol. The van der Waals surface area contributed by atoms with Crippen molar-refractivity contribution in [1.82, 2.24) is 20.0 Å². The van der Waals surface area contributed by atoms with Gasteiger partial charge in [-0.15, -0.1) is 0 Å². The van der Waals surface area contributed by atoms with Gasteiger partial charge in [-0.2, -0.15) is 0 Å². The maximum Gasteiger partial charge on any atom is 0.236 e. The van der Waals surface area contributed by atoms with Crippen molar-refractivity contribution in [3.8, 4) is 5.75 Å². The number of fused-ring (bicyclic) bond motifs is 1. The van der Waals surface area contributed by atoms with E-state index in [0.717, 1.165) is 16.9 Å². The summed E-state index contributed by atoms with van der Waals surface area (Å²) in [5, 5.41) is 2.95. The van der Waals surface area contributed by atoms with Crippen LogP contribution in [0.4, 0.5) is 0 Å². The third kappa shape index (κ3) is 6.60. The van der Waals surface area contributed by atoms with E-state index in [-0.39, 0.29) is 36.7 Å². The number of amides is 3. The molecule has 2 aliphatic heterocycles. The highest BCUT2D eigenvalue weighted by Gasteiger charge is 2.27. The lowest BCUT2D eigenvalue weighted by Crippen LogP contribution is -2.44. The smallest absolute Gasteiger partial charge is 0.236 e. The number of hydrogen-bond donors (Lipinski definition) is 1. The van der Waals surface area contributed by atoms with Gasteiger partial charge in [-0.05, 0) is 18.1 Å². The molecule has 0 aliphatic carbocycles. The zero-order valence-electron chi connectivity index (χ0n) is 20.3. The summed E-state index contributed by atoms with van der Waals surface area (Å²) in [5.74, 6) is 0.692. The largest absolute Gasteiger partial charge is 0.492 e. The van der Waals surface area contributed by atoms with E-state index in [2.05, 4.69) is 10.2 Å². The molecule has 1 saturated heterocycles. The van der Waals surface area contributed by atoms with Crippen molar-refractivity contribution in [3.05, 3.63) is 65.7 Å². The maximum atomic E-state index is 13.3. The number of benzene rings is 2. The van der Waals surface area contributed by atoms with Crippen LogP contribution < -0.4 is 10.1 Å². The molecule has 1 fully saturated rings. The summed E-state index contributed by atoms with van der Waals surface area (Å²) in [5.41, 5.74) is 2.01. The van der Waals surface area contributed by atoms with Crippen molar-refractivity contribution < 1.29 is 19.1 Å². The number of ether oxygens (including phenoxy) is 1. The van der Waals surface area contributed by atoms with Gasteiger partial charge < -0.3 is 19.9 Å². The van der Waals surface area contributed by atoms with E-state index in [0.29, 0.717) is 52.3 Å². The summed E-state index contributed by atoms with van der Waals surface area (Å²) in [6, 6.07) is 17.3. The molecule has 0 spiro atoms. The first-order valence-corrected chi connectivity index (χ1v) is 12.3. The summed E-state index contributed by atoms with van der Waals surface area (Å²) in [6.07, 6.45) is 0.847. The second-order valence-electron chi connectivity index (χ2n) is 9.09. The quantitative estimate of drug-likeness (QED) is 0.732. The summed E-state index contributed by atoms with van der Waals surface area (Å²) in [4.78, 5) is 44.2. The number of carbonyl (C=O) groups excluding carboxylic acids is 3. The van der Waals surface area contributed by atoms with Gasteiger partial charge in [-0.1, -0.05) is 48.5 Å². The lowest BCUT2D eigenvalue weighted by molar-refractivity contribution is -0.133. The van der Waals surface area contributed by atoms with Crippen LogP contribution in [0.1, 0.15) is 36.9 Å². The first kappa shape index (κ1) is 24.7. The van der Waals surface area contributed by atoms with Crippen molar-refractivity contribution in [3.63, 3.8) is 0 Å². The number of carbonyl (C=O) groups is 3. The first-order valence-electron chi connectivity index (χ1n) is 12.3. The molecule has 8 heteroatoms. The second kappa shape index (κ2) is 11.8. The number of para-hydroxylation sites is 1. The van der Waals surface area contributed by atoms with Gasteiger partial charge in [0, 0.05) is 51.8 Å². The van der Waals surface area contributed by atoms with Crippen molar-refractivity contribution >= 4 is 17.7 Å². The van der Waals surface area contributed by atoms with Crippen LogP contribution in [0.5, 0.6) is 5.75 Å². The highest BCUT2D eigenvalue weighted by Crippen LogP contribution is 2.26. The van der Waals surface area contributed by atoms with Crippen molar-refractivity contribution in [2.45, 2.75) is 32.4 Å². The Morgan fingerprint density at radius 1 is 1.00 bits per heavy atom. The molecule has 3 amide bonds. The van der Waals surface area contributed by atoms with Gasteiger partial charge in [0.05, 0.1) is 19.0 Å². The molecule has 186 valence electrons. The van der Waals surface area contributed by atoms with Crippen LogP contribution in [0.15, 0.2) is 54.6 Å². The topological polar surface area (TPSA) is 82.2 Å². The van der Waals surface area contributed by atoms with Crippen molar-refractivity contribution in [2.24, 2.45) is 0 Å². The van der Waals surface area contributed by atoms with Crippen LogP contribution in [0.2, 0.25) is 0 Å². The molecule has 35 heavy (non-hydrogen) atoms. The van der Waals surface area contributed by atoms with Gasteiger partial charge >= 0.3 is 0 Å². The molecule has 0 saturated carbocycles. The maximum absolute atomic E-state index is 13.3. The predicted molar refractivity (Wildman–Crippen MR) is 133 cm³/mol. The second-order valence-corrected chi connectivity index (χ2v) is 9.09. The van der Waals surface area contributed by atoms with E-state index in [4.69, 9.17) is 4.74 Å². The third-order valence-electron chi connectivity index (χ3n) is 6.62. The third-order valence-corrected chi connectivity index (χ3v) is 6.62. The minimum absolute atomic E-state index is 0.0202. The Labute approximate surface area is 206 Å². The van der Waals surface area contributed by atoms with Crippen LogP contribution in [-0.4, -0.2) is 78.3 Å². The summed E-state index contributed by atoms with van der Waals surface area (Å²) >= 11 is 0. The minimum Gasteiger partial charge on any atom is -0.492 e. The van der Waals surface area contributed by atoms with Gasteiger partial charge in [0.2, 0.25) is 17.7 Å². The zero-order chi connectivity index (χ0) is 24.6. The Hall–Kier alpha value is -3.39. The van der Waals surface area contributed by atoms with E-state index in [9.17, 15) is 14.4 Å². The number of rotatable bonds is 3. The summed E-state index contributed by atoms with van der Waals surface area (Å²) in [6.45, 7) is 5.53. The average Bonchev–Trinajstić information content (AvgIpc) is 3.07.